The Morgan fingerprint density at radius 1 is 1.00 bits per heavy atom. The number of aliphatic imine (C=N–C) groups is 1. The SMILES string of the molecule is Cn1c(C=CC2=NC(c3ccccc3)=CC2)nc2ccccc2c1=O. The molecule has 4 nitrogen and oxygen atoms in total. The van der Waals surface area contributed by atoms with Gasteiger partial charge in [-0.05, 0) is 29.8 Å². The maximum atomic E-state index is 12.4. The van der Waals surface area contributed by atoms with Gasteiger partial charge in [0.05, 0.1) is 16.6 Å². The molecule has 25 heavy (non-hydrogen) atoms. The molecule has 1 aromatic heterocycles. The monoisotopic (exact) mass is 327 g/mol. The lowest BCUT2D eigenvalue weighted by Gasteiger charge is -2.05. The van der Waals surface area contributed by atoms with Crippen molar-refractivity contribution in [2.75, 3.05) is 0 Å². The van der Waals surface area contributed by atoms with E-state index >= 15 is 0 Å². The third kappa shape index (κ3) is 2.94. The zero-order valence-electron chi connectivity index (χ0n) is 13.9. The second-order valence-corrected chi connectivity index (χ2v) is 5.95. The molecular weight excluding hydrogens is 310 g/mol. The van der Waals surface area contributed by atoms with Crippen LogP contribution in [0.4, 0.5) is 0 Å². The predicted octanol–water partition coefficient (Wildman–Crippen LogP) is 3.83. The van der Waals surface area contributed by atoms with Crippen LogP contribution in [0.5, 0.6) is 0 Å². The largest absolute Gasteiger partial charge is 0.296 e. The number of fused-ring (bicyclic) bond motifs is 1. The molecule has 0 bridgehead atoms. The van der Waals surface area contributed by atoms with Crippen LogP contribution in [0.1, 0.15) is 17.8 Å². The van der Waals surface area contributed by atoms with Gasteiger partial charge in [-0.3, -0.25) is 14.4 Å². The third-order valence-electron chi connectivity index (χ3n) is 4.28. The summed E-state index contributed by atoms with van der Waals surface area (Å²) in [6.45, 7) is 0. The lowest BCUT2D eigenvalue weighted by atomic mass is 10.1. The second kappa shape index (κ2) is 6.32. The minimum Gasteiger partial charge on any atom is -0.296 e. The first-order valence-electron chi connectivity index (χ1n) is 8.19. The van der Waals surface area contributed by atoms with Crippen molar-refractivity contribution in [1.29, 1.82) is 0 Å². The summed E-state index contributed by atoms with van der Waals surface area (Å²) in [6.07, 6.45) is 6.68. The van der Waals surface area contributed by atoms with Crippen molar-refractivity contribution < 1.29 is 0 Å². The first kappa shape index (κ1) is 15.3. The van der Waals surface area contributed by atoms with Crippen molar-refractivity contribution in [3.63, 3.8) is 0 Å². The van der Waals surface area contributed by atoms with E-state index in [4.69, 9.17) is 0 Å². The van der Waals surface area contributed by atoms with Crippen molar-refractivity contribution in [3.05, 3.63) is 88.5 Å². The summed E-state index contributed by atoms with van der Waals surface area (Å²) in [5, 5.41) is 0.633. The van der Waals surface area contributed by atoms with E-state index in [0.29, 0.717) is 16.7 Å². The fraction of sp³-hybridized carbons (Fsp3) is 0.0952. The maximum Gasteiger partial charge on any atom is 0.261 e. The van der Waals surface area contributed by atoms with Gasteiger partial charge in [0.15, 0.2) is 0 Å². The molecule has 0 unspecified atom stereocenters. The number of hydrogen-bond donors (Lipinski definition) is 0. The van der Waals surface area contributed by atoms with E-state index in [2.05, 4.69) is 28.2 Å². The van der Waals surface area contributed by atoms with Crippen LogP contribution in [0.15, 0.2) is 76.5 Å². The first-order valence-corrected chi connectivity index (χ1v) is 8.19. The number of aromatic nitrogens is 2. The second-order valence-electron chi connectivity index (χ2n) is 5.95. The number of benzene rings is 2. The Morgan fingerprint density at radius 2 is 1.76 bits per heavy atom. The van der Waals surface area contributed by atoms with Gasteiger partial charge in [-0.25, -0.2) is 4.98 Å². The van der Waals surface area contributed by atoms with Crippen LogP contribution in [0.25, 0.3) is 22.7 Å². The van der Waals surface area contributed by atoms with E-state index in [-0.39, 0.29) is 5.56 Å². The van der Waals surface area contributed by atoms with Crippen LogP contribution in [-0.4, -0.2) is 15.3 Å². The zero-order chi connectivity index (χ0) is 17.2. The maximum absolute atomic E-state index is 12.4. The molecule has 2 heterocycles. The lowest BCUT2D eigenvalue weighted by Crippen LogP contribution is -2.20. The molecule has 4 heteroatoms. The molecule has 122 valence electrons. The molecule has 0 amide bonds. The number of hydrogen-bond acceptors (Lipinski definition) is 3. The van der Waals surface area contributed by atoms with E-state index in [9.17, 15) is 4.79 Å². The topological polar surface area (TPSA) is 47.2 Å². The van der Waals surface area contributed by atoms with Crippen LogP contribution in [0.3, 0.4) is 0 Å². The number of allylic oxidation sites excluding steroid dienone is 2. The molecule has 0 fully saturated rings. The summed E-state index contributed by atoms with van der Waals surface area (Å²) < 4.78 is 1.57. The van der Waals surface area contributed by atoms with Gasteiger partial charge in [0.1, 0.15) is 5.82 Å². The molecule has 1 aliphatic heterocycles. The lowest BCUT2D eigenvalue weighted by molar-refractivity contribution is 0.828. The van der Waals surface area contributed by atoms with Gasteiger partial charge < -0.3 is 0 Å². The highest BCUT2D eigenvalue weighted by molar-refractivity contribution is 6.05. The van der Waals surface area contributed by atoms with Crippen LogP contribution >= 0.6 is 0 Å². The Kier molecular flexibility index (Phi) is 3.86. The van der Waals surface area contributed by atoms with E-state index in [1.807, 2.05) is 48.6 Å². The minimum atomic E-state index is -0.0401. The van der Waals surface area contributed by atoms with E-state index in [0.717, 1.165) is 23.4 Å². The summed E-state index contributed by atoms with van der Waals surface area (Å²) in [5.74, 6) is 0.625. The molecule has 0 atom stereocenters. The van der Waals surface area contributed by atoms with Gasteiger partial charge in [-0.1, -0.05) is 48.5 Å². The predicted molar refractivity (Wildman–Crippen MR) is 102 cm³/mol. The van der Waals surface area contributed by atoms with Gasteiger partial charge in [-0.2, -0.15) is 0 Å². The van der Waals surface area contributed by atoms with Crippen molar-refractivity contribution in [1.82, 2.24) is 9.55 Å². The molecule has 1 aliphatic rings. The fourth-order valence-electron chi connectivity index (χ4n) is 2.90. The van der Waals surface area contributed by atoms with E-state index in [1.165, 1.54) is 0 Å². The van der Waals surface area contributed by atoms with E-state index in [1.54, 1.807) is 17.7 Å². The quantitative estimate of drug-likeness (QED) is 0.734. The Morgan fingerprint density at radius 3 is 2.60 bits per heavy atom. The first-order chi connectivity index (χ1) is 12.2. The standard InChI is InChI=1S/C21H17N3O/c1-24-20(23-19-10-6-5-9-17(19)21(24)25)14-12-16-11-13-18(22-16)15-7-3-2-4-8-15/h2-10,12-14H,11H2,1H3. The summed E-state index contributed by atoms with van der Waals surface area (Å²) in [5.41, 5.74) is 3.73. The van der Waals surface area contributed by atoms with Crippen molar-refractivity contribution in [2.24, 2.45) is 12.0 Å². The molecule has 0 spiro atoms. The Balaban J connectivity index is 1.64. The third-order valence-corrected chi connectivity index (χ3v) is 4.28. The molecule has 0 radical (unpaired) electrons. The zero-order valence-corrected chi connectivity index (χ0v) is 13.9. The number of nitrogens with zero attached hydrogens (tertiary/aromatic N) is 3. The molecule has 0 saturated carbocycles. The molecule has 0 N–H and O–H groups in total. The highest BCUT2D eigenvalue weighted by Gasteiger charge is 2.09. The van der Waals surface area contributed by atoms with Gasteiger partial charge in [0.25, 0.3) is 5.56 Å². The molecular formula is C21H17N3O. The minimum absolute atomic E-state index is 0.0401. The summed E-state index contributed by atoms with van der Waals surface area (Å²) in [6, 6.07) is 17.5. The van der Waals surface area contributed by atoms with E-state index < -0.39 is 0 Å². The molecule has 4 rings (SSSR count). The fourth-order valence-corrected chi connectivity index (χ4v) is 2.90. The smallest absolute Gasteiger partial charge is 0.261 e. The molecule has 3 aromatic rings. The van der Waals surface area contributed by atoms with Crippen LogP contribution in [-0.2, 0) is 7.05 Å². The highest BCUT2D eigenvalue weighted by atomic mass is 16.1. The van der Waals surface area contributed by atoms with Gasteiger partial charge in [-0.15, -0.1) is 0 Å². The highest BCUT2D eigenvalue weighted by Crippen LogP contribution is 2.22. The van der Waals surface area contributed by atoms with Crippen molar-refractivity contribution >= 4 is 28.4 Å². The van der Waals surface area contributed by atoms with Crippen LogP contribution < -0.4 is 5.56 Å². The van der Waals surface area contributed by atoms with Gasteiger partial charge in [0.2, 0.25) is 0 Å². The normalized spacial score (nSPS) is 14.1. The van der Waals surface area contributed by atoms with Gasteiger partial charge >= 0.3 is 0 Å². The Hall–Kier alpha value is -3.27. The molecule has 0 aliphatic carbocycles. The average molecular weight is 327 g/mol. The summed E-state index contributed by atoms with van der Waals surface area (Å²) in [7, 11) is 1.74. The van der Waals surface area contributed by atoms with Crippen molar-refractivity contribution in [3.8, 4) is 0 Å². The number of para-hydroxylation sites is 1. The Labute approximate surface area is 145 Å². The number of rotatable bonds is 3. The van der Waals surface area contributed by atoms with Crippen LogP contribution in [0.2, 0.25) is 0 Å². The molecule has 2 aromatic carbocycles. The average Bonchev–Trinajstić information content (AvgIpc) is 3.13. The van der Waals surface area contributed by atoms with Crippen molar-refractivity contribution in [2.45, 2.75) is 6.42 Å². The van der Waals surface area contributed by atoms with Crippen LogP contribution in [0, 0.1) is 0 Å². The summed E-state index contributed by atoms with van der Waals surface area (Å²) >= 11 is 0. The van der Waals surface area contributed by atoms with Gasteiger partial charge in [0, 0.05) is 19.2 Å². The Bertz CT molecular complexity index is 1090. The molecule has 0 saturated heterocycles. The summed E-state index contributed by atoms with van der Waals surface area (Å²) in [4.78, 5) is 21.7.